The van der Waals surface area contributed by atoms with Crippen LogP contribution in [-0.4, -0.2) is 72.8 Å². The Balaban J connectivity index is 1.40. The molecule has 2 aromatic carbocycles. The number of carbonyl (C=O) groups is 2. The Labute approximate surface area is 193 Å². The van der Waals surface area contributed by atoms with E-state index in [0.29, 0.717) is 39.3 Å². The summed E-state index contributed by atoms with van der Waals surface area (Å²) < 4.78 is 1.05. The molecular weight excluding hydrogens is 456 g/mol. The molecule has 166 valence electrons. The molecule has 3 rings (SSSR count). The molecule has 6 nitrogen and oxygen atoms in total. The summed E-state index contributed by atoms with van der Waals surface area (Å²) in [6.07, 6.45) is 0.882. The van der Waals surface area contributed by atoms with Crippen LogP contribution in [0.2, 0.25) is 0 Å². The summed E-state index contributed by atoms with van der Waals surface area (Å²) in [6, 6.07) is 16.1. The maximum atomic E-state index is 12.7. The van der Waals surface area contributed by atoms with Crippen LogP contribution in [0.25, 0.3) is 0 Å². The summed E-state index contributed by atoms with van der Waals surface area (Å²) >= 11 is 3.44. The lowest BCUT2D eigenvalue weighted by Crippen LogP contribution is -2.52. The summed E-state index contributed by atoms with van der Waals surface area (Å²) in [5.74, 6) is 0.135. The molecule has 0 saturated carbocycles. The first-order valence-corrected chi connectivity index (χ1v) is 11.5. The third kappa shape index (κ3) is 7.16. The van der Waals surface area contributed by atoms with Gasteiger partial charge in [-0.3, -0.25) is 19.4 Å². The van der Waals surface area contributed by atoms with E-state index in [9.17, 15) is 9.59 Å². The molecule has 0 spiro atoms. The molecule has 2 aromatic rings. The fraction of sp³-hybridized carbons (Fsp3) is 0.417. The lowest BCUT2D eigenvalue weighted by Gasteiger charge is -2.35. The van der Waals surface area contributed by atoms with Crippen LogP contribution in [0.5, 0.6) is 0 Å². The zero-order valence-corrected chi connectivity index (χ0v) is 19.9. The van der Waals surface area contributed by atoms with Crippen LogP contribution in [0, 0.1) is 0 Å². The van der Waals surface area contributed by atoms with Crippen molar-refractivity contribution in [3.8, 4) is 0 Å². The summed E-state index contributed by atoms with van der Waals surface area (Å²) in [6.45, 7) is 6.30. The Morgan fingerprint density at radius 2 is 1.71 bits per heavy atom. The van der Waals surface area contributed by atoms with E-state index in [1.165, 1.54) is 5.56 Å². The van der Waals surface area contributed by atoms with Crippen molar-refractivity contribution in [2.75, 3.05) is 51.6 Å². The molecule has 0 aromatic heterocycles. The molecule has 0 radical (unpaired) electrons. The fourth-order valence-corrected chi connectivity index (χ4v) is 4.05. The van der Waals surface area contributed by atoms with E-state index in [4.69, 9.17) is 0 Å². The maximum absolute atomic E-state index is 12.7. The first-order valence-electron chi connectivity index (χ1n) is 10.8. The maximum Gasteiger partial charge on any atom is 0.238 e. The topological polar surface area (TPSA) is 55.9 Å². The summed E-state index contributed by atoms with van der Waals surface area (Å²) in [7, 11) is 1.97. The van der Waals surface area contributed by atoms with Crippen LogP contribution < -0.4 is 5.32 Å². The second kappa shape index (κ2) is 11.4. The number of piperazine rings is 1. The molecule has 1 aliphatic rings. The zero-order chi connectivity index (χ0) is 22.2. The molecule has 0 atom stereocenters. The summed E-state index contributed by atoms with van der Waals surface area (Å²) in [4.78, 5) is 31.2. The highest BCUT2D eigenvalue weighted by atomic mass is 79.9. The first kappa shape index (κ1) is 23.4. The standard InChI is InChI=1S/C24H31BrN4O2/c1-3-20-6-4-5-7-22(20)26-23(30)17-28-12-14-29(15-13-28)24(31)18-27(2)16-19-8-10-21(25)11-9-19/h4-11H,3,12-18H2,1-2H3,(H,26,30). The smallest absolute Gasteiger partial charge is 0.238 e. The van der Waals surface area contributed by atoms with Crippen LogP contribution >= 0.6 is 15.9 Å². The highest BCUT2D eigenvalue weighted by Gasteiger charge is 2.23. The Bertz CT molecular complexity index is 879. The van der Waals surface area contributed by atoms with Crippen LogP contribution in [0.4, 0.5) is 5.69 Å². The van der Waals surface area contributed by atoms with Crippen molar-refractivity contribution in [3.05, 3.63) is 64.1 Å². The van der Waals surface area contributed by atoms with E-state index in [2.05, 4.69) is 45.2 Å². The highest BCUT2D eigenvalue weighted by molar-refractivity contribution is 9.10. The van der Waals surface area contributed by atoms with E-state index in [1.807, 2.05) is 53.2 Å². The van der Waals surface area contributed by atoms with Gasteiger partial charge in [0.1, 0.15) is 0 Å². The van der Waals surface area contributed by atoms with Crippen LogP contribution in [0.1, 0.15) is 18.1 Å². The monoisotopic (exact) mass is 486 g/mol. The van der Waals surface area contributed by atoms with Gasteiger partial charge >= 0.3 is 0 Å². The summed E-state index contributed by atoms with van der Waals surface area (Å²) in [5, 5.41) is 3.02. The molecular formula is C24H31BrN4O2. The molecule has 1 heterocycles. The quantitative estimate of drug-likeness (QED) is 0.622. The highest BCUT2D eigenvalue weighted by Crippen LogP contribution is 2.16. The fourth-order valence-electron chi connectivity index (χ4n) is 3.79. The molecule has 0 aliphatic carbocycles. The third-order valence-electron chi connectivity index (χ3n) is 5.54. The van der Waals surface area contributed by atoms with E-state index >= 15 is 0 Å². The predicted molar refractivity (Wildman–Crippen MR) is 128 cm³/mol. The Hall–Kier alpha value is -2.22. The number of rotatable bonds is 8. The van der Waals surface area contributed by atoms with Crippen molar-refractivity contribution < 1.29 is 9.59 Å². The van der Waals surface area contributed by atoms with Crippen LogP contribution in [0.3, 0.4) is 0 Å². The minimum atomic E-state index is -0.00472. The number of aryl methyl sites for hydroxylation is 1. The Morgan fingerprint density at radius 3 is 2.39 bits per heavy atom. The van der Waals surface area contributed by atoms with Gasteiger partial charge < -0.3 is 10.2 Å². The SMILES string of the molecule is CCc1ccccc1NC(=O)CN1CCN(C(=O)CN(C)Cc2ccc(Br)cc2)CC1. The average Bonchev–Trinajstić information content (AvgIpc) is 2.76. The lowest BCUT2D eigenvalue weighted by atomic mass is 10.1. The van der Waals surface area contributed by atoms with Crippen molar-refractivity contribution in [1.29, 1.82) is 0 Å². The number of likely N-dealkylation sites (N-methyl/N-ethyl adjacent to an activating group) is 1. The third-order valence-corrected chi connectivity index (χ3v) is 6.06. The van der Waals surface area contributed by atoms with Gasteiger partial charge in [-0.1, -0.05) is 53.2 Å². The van der Waals surface area contributed by atoms with Crippen LogP contribution in [-0.2, 0) is 22.6 Å². The number of carbonyl (C=O) groups excluding carboxylic acids is 2. The molecule has 0 unspecified atom stereocenters. The average molecular weight is 487 g/mol. The summed E-state index contributed by atoms with van der Waals surface area (Å²) in [5.41, 5.74) is 3.20. The molecule has 1 fully saturated rings. The number of nitrogens with zero attached hydrogens (tertiary/aromatic N) is 3. The predicted octanol–water partition coefficient (Wildman–Crippen LogP) is 3.23. The van der Waals surface area contributed by atoms with Crippen molar-refractivity contribution in [2.24, 2.45) is 0 Å². The second-order valence-electron chi connectivity index (χ2n) is 8.01. The minimum Gasteiger partial charge on any atom is -0.339 e. The van der Waals surface area contributed by atoms with E-state index in [0.717, 1.165) is 28.7 Å². The number of halogens is 1. The Kier molecular flexibility index (Phi) is 8.63. The van der Waals surface area contributed by atoms with E-state index in [1.54, 1.807) is 0 Å². The number of benzene rings is 2. The largest absolute Gasteiger partial charge is 0.339 e. The van der Waals surface area contributed by atoms with Gasteiger partial charge in [-0.2, -0.15) is 0 Å². The van der Waals surface area contributed by atoms with E-state index in [-0.39, 0.29) is 11.8 Å². The van der Waals surface area contributed by atoms with Crippen molar-refractivity contribution in [2.45, 2.75) is 19.9 Å². The molecule has 31 heavy (non-hydrogen) atoms. The van der Waals surface area contributed by atoms with Crippen LogP contribution in [0.15, 0.2) is 53.0 Å². The minimum absolute atomic E-state index is 0.00472. The number of hydrogen-bond acceptors (Lipinski definition) is 4. The molecule has 0 bridgehead atoms. The van der Waals surface area contributed by atoms with Gasteiger partial charge in [0.15, 0.2) is 0 Å². The number of hydrogen-bond donors (Lipinski definition) is 1. The van der Waals surface area contributed by atoms with Crippen molar-refractivity contribution >= 4 is 33.4 Å². The van der Waals surface area contributed by atoms with Gasteiger partial charge in [-0.25, -0.2) is 0 Å². The molecule has 1 saturated heterocycles. The van der Waals surface area contributed by atoms with Gasteiger partial charge in [0, 0.05) is 42.9 Å². The second-order valence-corrected chi connectivity index (χ2v) is 8.93. The lowest BCUT2D eigenvalue weighted by molar-refractivity contribution is -0.134. The number of anilines is 1. The zero-order valence-electron chi connectivity index (χ0n) is 18.3. The van der Waals surface area contributed by atoms with E-state index < -0.39 is 0 Å². The van der Waals surface area contributed by atoms with Gasteiger partial charge in [0.2, 0.25) is 11.8 Å². The molecule has 7 heteroatoms. The molecule has 1 aliphatic heterocycles. The first-order chi connectivity index (χ1) is 14.9. The van der Waals surface area contributed by atoms with Gasteiger partial charge in [0.05, 0.1) is 13.1 Å². The normalized spacial score (nSPS) is 14.6. The molecule has 2 amide bonds. The van der Waals surface area contributed by atoms with Gasteiger partial charge in [-0.05, 0) is 42.8 Å². The molecule has 1 N–H and O–H groups in total. The van der Waals surface area contributed by atoms with Gasteiger partial charge in [-0.15, -0.1) is 0 Å². The Morgan fingerprint density at radius 1 is 1.03 bits per heavy atom. The van der Waals surface area contributed by atoms with Crippen molar-refractivity contribution in [3.63, 3.8) is 0 Å². The van der Waals surface area contributed by atoms with Crippen molar-refractivity contribution in [1.82, 2.24) is 14.7 Å². The number of amides is 2. The number of nitrogens with one attached hydrogen (secondary N) is 1. The van der Waals surface area contributed by atoms with Gasteiger partial charge in [0.25, 0.3) is 0 Å². The number of para-hydroxylation sites is 1.